The minimum Gasteiger partial charge on any atom is -0.412 e. The standard InChI is InChI=1S/C5H11N5O3S/c6-14(12,13)9-2-1-7-5-3-8-10(11)4-5/h3-4,7,9,11H,1-2H2,(H2,6,12,13). The van der Waals surface area contributed by atoms with E-state index in [1.165, 1.54) is 12.4 Å². The van der Waals surface area contributed by atoms with Crippen molar-refractivity contribution >= 4 is 15.9 Å². The normalized spacial score (nSPS) is 11.5. The molecule has 0 bridgehead atoms. The first-order valence-corrected chi connectivity index (χ1v) is 5.27. The third-order valence-electron chi connectivity index (χ3n) is 1.33. The summed E-state index contributed by atoms with van der Waals surface area (Å²) in [5, 5.41) is 19.8. The van der Waals surface area contributed by atoms with Crippen molar-refractivity contribution in [3.8, 4) is 0 Å². The first kappa shape index (κ1) is 10.8. The van der Waals surface area contributed by atoms with Gasteiger partial charge in [-0.1, -0.05) is 0 Å². The smallest absolute Gasteiger partial charge is 0.274 e. The van der Waals surface area contributed by atoms with Crippen molar-refractivity contribution in [1.29, 1.82) is 0 Å². The van der Waals surface area contributed by atoms with E-state index in [-0.39, 0.29) is 6.54 Å². The molecule has 8 nitrogen and oxygen atoms in total. The van der Waals surface area contributed by atoms with E-state index in [0.29, 0.717) is 17.1 Å². The number of rotatable bonds is 5. The van der Waals surface area contributed by atoms with E-state index in [4.69, 9.17) is 10.3 Å². The number of hydrogen-bond acceptors (Lipinski definition) is 5. The van der Waals surface area contributed by atoms with Crippen LogP contribution >= 0.6 is 0 Å². The SMILES string of the molecule is NS(=O)(=O)NCCNc1cnn(O)c1. The highest BCUT2D eigenvalue weighted by Crippen LogP contribution is 2.01. The molecule has 80 valence electrons. The molecule has 0 aliphatic carbocycles. The third kappa shape index (κ3) is 4.07. The van der Waals surface area contributed by atoms with Crippen LogP contribution in [0.15, 0.2) is 12.4 Å². The Kier molecular flexibility index (Phi) is 3.28. The molecule has 0 spiro atoms. The maximum absolute atomic E-state index is 10.4. The molecule has 0 fully saturated rings. The Hall–Kier alpha value is -1.32. The van der Waals surface area contributed by atoms with E-state index in [2.05, 4.69) is 15.1 Å². The van der Waals surface area contributed by atoms with Crippen LogP contribution in [0.5, 0.6) is 0 Å². The summed E-state index contributed by atoms with van der Waals surface area (Å²) in [7, 11) is -3.63. The number of nitrogens with two attached hydrogens (primary N) is 1. The summed E-state index contributed by atoms with van der Waals surface area (Å²) in [6.45, 7) is 0.511. The Balaban J connectivity index is 2.23. The molecule has 1 heterocycles. The average Bonchev–Trinajstić information content (AvgIpc) is 2.44. The molecule has 1 rings (SSSR count). The largest absolute Gasteiger partial charge is 0.412 e. The molecule has 1 aromatic heterocycles. The maximum Gasteiger partial charge on any atom is 0.274 e. The van der Waals surface area contributed by atoms with Gasteiger partial charge < -0.3 is 10.5 Å². The van der Waals surface area contributed by atoms with E-state index < -0.39 is 10.2 Å². The van der Waals surface area contributed by atoms with Crippen molar-refractivity contribution in [2.75, 3.05) is 18.4 Å². The second-order valence-corrected chi connectivity index (χ2v) is 3.89. The van der Waals surface area contributed by atoms with Crippen molar-refractivity contribution in [2.24, 2.45) is 5.14 Å². The molecule has 0 saturated heterocycles. The van der Waals surface area contributed by atoms with Crippen LogP contribution in [0.1, 0.15) is 0 Å². The van der Waals surface area contributed by atoms with Crippen molar-refractivity contribution in [1.82, 2.24) is 14.7 Å². The highest BCUT2D eigenvalue weighted by atomic mass is 32.2. The van der Waals surface area contributed by atoms with Gasteiger partial charge in [-0.05, 0) is 0 Å². The van der Waals surface area contributed by atoms with Gasteiger partial charge in [0, 0.05) is 13.1 Å². The molecule has 0 aliphatic rings. The Morgan fingerprint density at radius 1 is 1.57 bits per heavy atom. The summed E-state index contributed by atoms with van der Waals surface area (Å²) >= 11 is 0. The van der Waals surface area contributed by atoms with E-state index >= 15 is 0 Å². The van der Waals surface area contributed by atoms with Gasteiger partial charge in [0.15, 0.2) is 0 Å². The van der Waals surface area contributed by atoms with Gasteiger partial charge in [0.25, 0.3) is 10.2 Å². The molecule has 14 heavy (non-hydrogen) atoms. The number of nitrogens with zero attached hydrogens (tertiary/aromatic N) is 2. The van der Waals surface area contributed by atoms with Gasteiger partial charge >= 0.3 is 0 Å². The van der Waals surface area contributed by atoms with Gasteiger partial charge in [-0.2, -0.15) is 8.42 Å². The number of hydrogen-bond donors (Lipinski definition) is 4. The summed E-state index contributed by atoms with van der Waals surface area (Å²) < 4.78 is 23.0. The van der Waals surface area contributed by atoms with Crippen LogP contribution in [0.2, 0.25) is 0 Å². The van der Waals surface area contributed by atoms with Gasteiger partial charge in [0.2, 0.25) is 0 Å². The van der Waals surface area contributed by atoms with E-state index in [1.54, 1.807) is 0 Å². The van der Waals surface area contributed by atoms with Crippen molar-refractivity contribution < 1.29 is 13.6 Å². The summed E-state index contributed by atoms with van der Waals surface area (Å²) in [4.78, 5) is 0.648. The van der Waals surface area contributed by atoms with Crippen LogP contribution in [0.25, 0.3) is 0 Å². The van der Waals surface area contributed by atoms with Crippen molar-refractivity contribution in [3.63, 3.8) is 0 Å². The molecule has 0 saturated carbocycles. The van der Waals surface area contributed by atoms with Crippen LogP contribution < -0.4 is 15.2 Å². The first-order valence-electron chi connectivity index (χ1n) is 3.72. The topological polar surface area (TPSA) is 122 Å². The second-order valence-electron chi connectivity index (χ2n) is 2.52. The highest BCUT2D eigenvalue weighted by Gasteiger charge is 1.99. The van der Waals surface area contributed by atoms with Gasteiger partial charge in [-0.25, -0.2) is 9.86 Å². The molecular weight excluding hydrogens is 210 g/mol. The number of aromatic nitrogens is 2. The maximum atomic E-state index is 10.4. The second kappa shape index (κ2) is 4.26. The lowest BCUT2D eigenvalue weighted by Crippen LogP contribution is -2.34. The molecule has 0 aliphatic heterocycles. The molecule has 0 atom stereocenters. The molecule has 0 radical (unpaired) electrons. The predicted octanol–water partition coefficient (Wildman–Crippen LogP) is -1.67. The molecule has 0 unspecified atom stereocenters. The third-order valence-corrected chi connectivity index (χ3v) is 1.93. The van der Waals surface area contributed by atoms with Gasteiger partial charge in [-0.15, -0.1) is 9.94 Å². The van der Waals surface area contributed by atoms with Gasteiger partial charge in [-0.3, -0.25) is 0 Å². The van der Waals surface area contributed by atoms with Crippen molar-refractivity contribution in [2.45, 2.75) is 0 Å². The van der Waals surface area contributed by atoms with E-state index in [9.17, 15) is 8.42 Å². The fraction of sp³-hybridized carbons (Fsp3) is 0.400. The lowest BCUT2D eigenvalue weighted by atomic mass is 10.5. The highest BCUT2D eigenvalue weighted by molar-refractivity contribution is 7.87. The predicted molar refractivity (Wildman–Crippen MR) is 49.0 cm³/mol. The number of nitrogens with one attached hydrogen (secondary N) is 2. The zero-order chi connectivity index (χ0) is 10.6. The molecule has 9 heteroatoms. The van der Waals surface area contributed by atoms with Crippen LogP contribution in [0, 0.1) is 0 Å². The number of anilines is 1. The summed E-state index contributed by atoms with van der Waals surface area (Å²) in [5.41, 5.74) is 0.587. The summed E-state index contributed by atoms with van der Waals surface area (Å²) in [6.07, 6.45) is 2.74. The fourth-order valence-electron chi connectivity index (χ4n) is 0.804. The lowest BCUT2D eigenvalue weighted by Gasteiger charge is -2.02. The minimum absolute atomic E-state index is 0.162. The van der Waals surface area contributed by atoms with E-state index in [1.807, 2.05) is 0 Å². The monoisotopic (exact) mass is 221 g/mol. The quantitative estimate of drug-likeness (QED) is 0.349. The molecule has 5 N–H and O–H groups in total. The van der Waals surface area contributed by atoms with Crippen molar-refractivity contribution in [3.05, 3.63) is 12.4 Å². The van der Waals surface area contributed by atoms with Crippen LogP contribution in [-0.4, -0.2) is 36.7 Å². The molecule has 1 aromatic rings. The molecular formula is C5H11N5O3S. The molecule has 0 aromatic carbocycles. The summed E-state index contributed by atoms with van der Waals surface area (Å²) in [5.74, 6) is 0. The van der Waals surface area contributed by atoms with Crippen LogP contribution in [0.4, 0.5) is 5.69 Å². The van der Waals surface area contributed by atoms with Crippen LogP contribution in [-0.2, 0) is 10.2 Å². The van der Waals surface area contributed by atoms with Gasteiger partial charge in [0.1, 0.15) is 0 Å². The Morgan fingerprint density at radius 3 is 2.79 bits per heavy atom. The zero-order valence-electron chi connectivity index (χ0n) is 7.21. The zero-order valence-corrected chi connectivity index (χ0v) is 8.03. The minimum atomic E-state index is -3.63. The van der Waals surface area contributed by atoms with Gasteiger partial charge in [0.05, 0.1) is 18.1 Å². The Morgan fingerprint density at radius 2 is 2.29 bits per heavy atom. The average molecular weight is 221 g/mol. The fourth-order valence-corrected chi connectivity index (χ4v) is 1.19. The molecule has 0 amide bonds. The Labute approximate surface area is 80.9 Å². The summed E-state index contributed by atoms with van der Waals surface area (Å²) in [6, 6.07) is 0. The lowest BCUT2D eigenvalue weighted by molar-refractivity contribution is 0.149. The first-order chi connectivity index (χ1) is 6.47. The Bertz CT molecular complexity index is 386. The van der Waals surface area contributed by atoms with E-state index in [0.717, 1.165) is 0 Å². The van der Waals surface area contributed by atoms with Crippen LogP contribution in [0.3, 0.4) is 0 Å².